The minimum absolute atomic E-state index is 0.109. The molecule has 0 saturated carbocycles. The number of sulfonamides is 1. The Balaban J connectivity index is 2.71. The monoisotopic (exact) mass is 415 g/mol. The van der Waals surface area contributed by atoms with Gasteiger partial charge in [0, 0.05) is 5.92 Å². The van der Waals surface area contributed by atoms with Crippen LogP contribution in [0.15, 0.2) is 21.1 Å². The summed E-state index contributed by atoms with van der Waals surface area (Å²) in [6.45, 7) is 2.02. The van der Waals surface area contributed by atoms with Crippen LogP contribution in [0.3, 0.4) is 0 Å². The Bertz CT molecular complexity index is 548. The third kappa shape index (κ3) is 5.68. The van der Waals surface area contributed by atoms with Crippen molar-refractivity contribution in [3.05, 3.63) is 21.1 Å². The Labute approximate surface area is 129 Å². The lowest BCUT2D eigenvalue weighted by atomic mass is 10.2. The molecule has 1 aromatic rings. The van der Waals surface area contributed by atoms with Crippen LogP contribution < -0.4 is 14.6 Å². The first-order chi connectivity index (χ1) is 8.73. The van der Waals surface area contributed by atoms with Crippen molar-refractivity contribution in [3.63, 3.8) is 0 Å². The van der Waals surface area contributed by atoms with Crippen LogP contribution in [0.4, 0.5) is 0 Å². The lowest BCUT2D eigenvalue weighted by Gasteiger charge is -2.14. The number of hydrogen-bond donors (Lipinski definition) is 1. The Hall–Kier alpha value is -0.310. The summed E-state index contributed by atoms with van der Waals surface area (Å²) in [6, 6.07) is 3.52. The number of hydrogen-bond acceptors (Lipinski definition) is 4. The van der Waals surface area contributed by atoms with Crippen LogP contribution in [0, 0.1) is 5.92 Å². The third-order valence-corrected chi connectivity index (χ3v) is 4.52. The van der Waals surface area contributed by atoms with Crippen molar-refractivity contribution in [2.75, 3.05) is 19.5 Å². The quantitative estimate of drug-likeness (QED) is 0.772. The largest absolute Gasteiger partial charge is 0.496 e. The highest BCUT2D eigenvalue weighted by molar-refractivity contribution is 9.11. The molecule has 0 saturated heterocycles. The summed E-state index contributed by atoms with van der Waals surface area (Å²) in [5, 5.41) is 4.98. The summed E-state index contributed by atoms with van der Waals surface area (Å²) >= 11 is 6.72. The van der Waals surface area contributed by atoms with Gasteiger partial charge in [0.2, 0.25) is 10.0 Å². The van der Waals surface area contributed by atoms with Crippen molar-refractivity contribution < 1.29 is 17.9 Å². The molecular weight excluding hydrogens is 402 g/mol. The van der Waals surface area contributed by atoms with Crippen LogP contribution in [0.2, 0.25) is 0 Å². The molecule has 8 heteroatoms. The minimum Gasteiger partial charge on any atom is -0.496 e. The summed E-state index contributed by atoms with van der Waals surface area (Å²) in [7, 11) is -1.91. The normalized spacial score (nSPS) is 13.1. The van der Waals surface area contributed by atoms with Gasteiger partial charge in [0.25, 0.3) is 0 Å². The highest BCUT2D eigenvalue weighted by Crippen LogP contribution is 2.36. The first-order valence-corrected chi connectivity index (χ1v) is 8.69. The summed E-state index contributed by atoms with van der Waals surface area (Å²) < 4.78 is 34.1. The van der Waals surface area contributed by atoms with Crippen molar-refractivity contribution in [2.45, 2.75) is 6.92 Å². The van der Waals surface area contributed by atoms with E-state index in [1.807, 2.05) is 0 Å². The van der Waals surface area contributed by atoms with Gasteiger partial charge in [-0.15, -0.1) is 0 Å². The average molecular weight is 417 g/mol. The molecule has 0 aliphatic heterocycles. The molecule has 19 heavy (non-hydrogen) atoms. The second-order valence-corrected chi connectivity index (χ2v) is 7.53. The number of ether oxygens (including phenoxy) is 2. The van der Waals surface area contributed by atoms with E-state index in [1.165, 1.54) is 0 Å². The van der Waals surface area contributed by atoms with Gasteiger partial charge in [0.1, 0.15) is 11.5 Å². The molecular formula is C11H15Br2NO4S. The fourth-order valence-electron chi connectivity index (χ4n) is 1.45. The molecule has 0 spiro atoms. The molecule has 0 aliphatic rings. The summed E-state index contributed by atoms with van der Waals surface area (Å²) in [5.41, 5.74) is 0. The SMILES string of the molecule is COc1cc(Br)c(OCC(C)CS(N)(=O)=O)cc1Br. The molecule has 0 bridgehead atoms. The number of methoxy groups -OCH3 is 1. The van der Waals surface area contributed by atoms with Crippen LogP contribution in [0.5, 0.6) is 11.5 Å². The molecule has 0 fully saturated rings. The van der Waals surface area contributed by atoms with E-state index in [-0.39, 0.29) is 18.3 Å². The zero-order valence-electron chi connectivity index (χ0n) is 10.5. The van der Waals surface area contributed by atoms with Crippen molar-refractivity contribution in [1.82, 2.24) is 0 Å². The molecule has 0 aromatic heterocycles. The van der Waals surface area contributed by atoms with E-state index in [4.69, 9.17) is 14.6 Å². The lowest BCUT2D eigenvalue weighted by Crippen LogP contribution is -2.25. The second-order valence-electron chi connectivity index (χ2n) is 4.16. The second kappa shape index (κ2) is 6.92. The van der Waals surface area contributed by atoms with E-state index in [1.54, 1.807) is 26.2 Å². The van der Waals surface area contributed by atoms with Crippen molar-refractivity contribution >= 4 is 41.9 Å². The molecule has 1 unspecified atom stereocenters. The maximum absolute atomic E-state index is 10.9. The predicted octanol–water partition coefficient (Wildman–Crippen LogP) is 2.52. The maximum atomic E-state index is 10.9. The van der Waals surface area contributed by atoms with Gasteiger partial charge in [-0.1, -0.05) is 6.92 Å². The first kappa shape index (κ1) is 16.7. The number of primary sulfonamides is 1. The minimum atomic E-state index is -3.48. The van der Waals surface area contributed by atoms with Gasteiger partial charge < -0.3 is 9.47 Å². The van der Waals surface area contributed by atoms with Crippen molar-refractivity contribution in [1.29, 1.82) is 0 Å². The summed E-state index contributed by atoms with van der Waals surface area (Å²) in [6.07, 6.45) is 0. The van der Waals surface area contributed by atoms with Crippen LogP contribution in [0.25, 0.3) is 0 Å². The van der Waals surface area contributed by atoms with E-state index in [9.17, 15) is 8.42 Å². The van der Waals surface area contributed by atoms with Gasteiger partial charge in [-0.25, -0.2) is 13.6 Å². The van der Waals surface area contributed by atoms with Crippen molar-refractivity contribution in [2.24, 2.45) is 11.1 Å². The smallest absolute Gasteiger partial charge is 0.209 e. The number of rotatable bonds is 6. The Kier molecular flexibility index (Phi) is 6.10. The third-order valence-electron chi connectivity index (χ3n) is 2.25. The van der Waals surface area contributed by atoms with Crippen LogP contribution in [-0.2, 0) is 10.0 Å². The molecule has 1 aromatic carbocycles. The zero-order valence-corrected chi connectivity index (χ0v) is 14.5. The molecule has 0 amide bonds. The van der Waals surface area contributed by atoms with Gasteiger partial charge in [0.05, 0.1) is 28.4 Å². The van der Waals surface area contributed by atoms with Crippen LogP contribution in [-0.4, -0.2) is 27.9 Å². The molecule has 108 valence electrons. The van der Waals surface area contributed by atoms with Crippen molar-refractivity contribution in [3.8, 4) is 11.5 Å². The maximum Gasteiger partial charge on any atom is 0.209 e. The first-order valence-electron chi connectivity index (χ1n) is 5.39. The molecule has 0 radical (unpaired) electrons. The molecule has 0 heterocycles. The molecule has 2 N–H and O–H groups in total. The highest BCUT2D eigenvalue weighted by Gasteiger charge is 2.14. The van der Waals surface area contributed by atoms with E-state index >= 15 is 0 Å². The van der Waals surface area contributed by atoms with Gasteiger partial charge in [-0.05, 0) is 44.0 Å². The standard InChI is InChI=1S/C11H15Br2NO4S/c1-7(6-19(14,15)16)5-18-11-4-8(12)10(17-2)3-9(11)13/h3-4,7H,5-6H2,1-2H3,(H2,14,15,16). The molecule has 0 aliphatic carbocycles. The summed E-state index contributed by atoms with van der Waals surface area (Å²) in [5.74, 6) is 0.982. The van der Waals surface area contributed by atoms with E-state index in [0.29, 0.717) is 11.5 Å². The van der Waals surface area contributed by atoms with Crippen LogP contribution in [0.1, 0.15) is 6.92 Å². The molecule has 1 rings (SSSR count). The Morgan fingerprint density at radius 1 is 1.26 bits per heavy atom. The fourth-order valence-corrected chi connectivity index (χ4v) is 3.26. The van der Waals surface area contributed by atoms with Gasteiger partial charge in [0.15, 0.2) is 0 Å². The number of nitrogens with two attached hydrogens (primary N) is 1. The molecule has 5 nitrogen and oxygen atoms in total. The van der Waals surface area contributed by atoms with Crippen LogP contribution >= 0.6 is 31.9 Å². The van der Waals surface area contributed by atoms with E-state index in [0.717, 1.165) is 8.95 Å². The van der Waals surface area contributed by atoms with E-state index in [2.05, 4.69) is 31.9 Å². The molecule has 1 atom stereocenters. The Morgan fingerprint density at radius 3 is 2.32 bits per heavy atom. The summed E-state index contributed by atoms with van der Waals surface area (Å²) in [4.78, 5) is 0. The number of benzene rings is 1. The fraction of sp³-hybridized carbons (Fsp3) is 0.455. The Morgan fingerprint density at radius 2 is 1.79 bits per heavy atom. The predicted molar refractivity (Wildman–Crippen MR) is 81.0 cm³/mol. The lowest BCUT2D eigenvalue weighted by molar-refractivity contribution is 0.269. The van der Waals surface area contributed by atoms with Gasteiger partial charge in [-0.2, -0.15) is 0 Å². The van der Waals surface area contributed by atoms with E-state index < -0.39 is 10.0 Å². The topological polar surface area (TPSA) is 78.6 Å². The average Bonchev–Trinajstić information content (AvgIpc) is 2.27. The zero-order chi connectivity index (χ0) is 14.6. The highest BCUT2D eigenvalue weighted by atomic mass is 79.9. The number of halogens is 2. The van der Waals surface area contributed by atoms with Gasteiger partial charge >= 0.3 is 0 Å². The van der Waals surface area contributed by atoms with Gasteiger partial charge in [-0.3, -0.25) is 0 Å².